The quantitative estimate of drug-likeness (QED) is 0.698. The van der Waals surface area contributed by atoms with Crippen molar-refractivity contribution in [2.24, 2.45) is 5.73 Å². The molecule has 0 aromatic heterocycles. The van der Waals surface area contributed by atoms with E-state index >= 15 is 0 Å². The lowest BCUT2D eigenvalue weighted by atomic mass is 10.0. The molecule has 2 aromatic carbocycles. The van der Waals surface area contributed by atoms with Gasteiger partial charge >= 0.3 is 0 Å². The minimum atomic E-state index is 0.101. The van der Waals surface area contributed by atoms with Crippen LogP contribution in [0.3, 0.4) is 0 Å². The minimum Gasteiger partial charge on any atom is -0.330 e. The maximum Gasteiger partial charge on any atom is 0.00945 e. The fourth-order valence-electron chi connectivity index (χ4n) is 2.42. The maximum atomic E-state index is 5.66. The van der Waals surface area contributed by atoms with E-state index < -0.39 is 0 Å². The largest absolute Gasteiger partial charge is 0.330 e. The van der Waals surface area contributed by atoms with Crippen molar-refractivity contribution in [3.8, 4) is 0 Å². The van der Waals surface area contributed by atoms with Gasteiger partial charge in [0, 0.05) is 9.79 Å². The Morgan fingerprint density at radius 3 is 2.06 bits per heavy atom. The van der Waals surface area contributed by atoms with Crippen LogP contribution in [0.25, 0.3) is 0 Å². The molecule has 1 aliphatic rings. The highest BCUT2D eigenvalue weighted by atomic mass is 32.2. The highest BCUT2D eigenvalue weighted by Gasteiger charge is 2.17. The minimum absolute atomic E-state index is 0.101. The van der Waals surface area contributed by atoms with Crippen LogP contribution in [0, 0.1) is 0 Å². The van der Waals surface area contributed by atoms with Crippen LogP contribution in [0.4, 0.5) is 0 Å². The molecule has 2 N–H and O–H groups in total. The van der Waals surface area contributed by atoms with E-state index in [1.807, 2.05) is 0 Å². The summed E-state index contributed by atoms with van der Waals surface area (Å²) in [6.45, 7) is 0.730. The molecule has 1 nitrogen and oxygen atoms in total. The van der Waals surface area contributed by atoms with Gasteiger partial charge in [-0.1, -0.05) is 41.8 Å². The lowest BCUT2D eigenvalue weighted by Crippen LogP contribution is -2.04. The highest BCUT2D eigenvalue weighted by Crippen LogP contribution is 2.44. The first-order chi connectivity index (χ1) is 8.90. The SMILES string of the molecule is NCCC=S1c2ccccc2Cc2ccccc21. The van der Waals surface area contributed by atoms with E-state index in [-0.39, 0.29) is 10.5 Å². The number of rotatable bonds is 2. The topological polar surface area (TPSA) is 26.0 Å². The average Bonchev–Trinajstić information content (AvgIpc) is 2.43. The molecular formula is C16H17NS. The zero-order valence-corrected chi connectivity index (χ0v) is 11.1. The van der Waals surface area contributed by atoms with Crippen LogP contribution >= 0.6 is 10.5 Å². The molecule has 1 heterocycles. The summed E-state index contributed by atoms with van der Waals surface area (Å²) in [5.41, 5.74) is 8.59. The summed E-state index contributed by atoms with van der Waals surface area (Å²) in [6, 6.07) is 17.6. The third-order valence-electron chi connectivity index (χ3n) is 3.25. The van der Waals surface area contributed by atoms with E-state index in [1.54, 1.807) is 0 Å². The molecule has 2 heteroatoms. The Kier molecular flexibility index (Phi) is 3.31. The summed E-state index contributed by atoms with van der Waals surface area (Å²) >= 11 is 0. The second-order valence-corrected chi connectivity index (χ2v) is 6.36. The molecule has 0 unspecified atom stereocenters. The van der Waals surface area contributed by atoms with Crippen molar-refractivity contribution in [1.29, 1.82) is 0 Å². The molecule has 0 bridgehead atoms. The third-order valence-corrected chi connectivity index (χ3v) is 5.56. The molecule has 3 rings (SSSR count). The Morgan fingerprint density at radius 1 is 0.944 bits per heavy atom. The van der Waals surface area contributed by atoms with Gasteiger partial charge in [0.1, 0.15) is 0 Å². The summed E-state index contributed by atoms with van der Waals surface area (Å²) in [6.07, 6.45) is 2.04. The number of hydrogen-bond acceptors (Lipinski definition) is 1. The summed E-state index contributed by atoms with van der Waals surface area (Å²) in [4.78, 5) is 2.95. The van der Waals surface area contributed by atoms with Gasteiger partial charge in [0.25, 0.3) is 0 Å². The van der Waals surface area contributed by atoms with Crippen molar-refractivity contribution in [3.63, 3.8) is 0 Å². The van der Waals surface area contributed by atoms with Crippen LogP contribution in [0.5, 0.6) is 0 Å². The molecule has 0 amide bonds. The summed E-state index contributed by atoms with van der Waals surface area (Å²) < 4.78 is 0. The van der Waals surface area contributed by atoms with Gasteiger partial charge in [-0.25, -0.2) is 0 Å². The molecule has 0 saturated heterocycles. The lowest BCUT2D eigenvalue weighted by molar-refractivity contribution is 1.05. The van der Waals surface area contributed by atoms with Gasteiger partial charge in [-0.05, 0) is 42.6 Å². The van der Waals surface area contributed by atoms with Gasteiger partial charge in [-0.3, -0.25) is 0 Å². The molecule has 2 aromatic rings. The molecular weight excluding hydrogens is 238 g/mol. The van der Waals surface area contributed by atoms with E-state index in [4.69, 9.17) is 5.73 Å². The Labute approximate surface area is 111 Å². The van der Waals surface area contributed by atoms with Crippen molar-refractivity contribution in [2.75, 3.05) is 6.54 Å². The van der Waals surface area contributed by atoms with Gasteiger partial charge in [-0.15, -0.1) is 10.5 Å². The predicted molar refractivity (Wildman–Crippen MR) is 79.5 cm³/mol. The van der Waals surface area contributed by atoms with Crippen LogP contribution in [-0.4, -0.2) is 11.9 Å². The Balaban J connectivity index is 2.18. The standard InChI is InChI=1S/C16H17NS/c17-10-5-11-18-15-8-3-1-6-13(15)12-14-7-2-4-9-16(14)18/h1-4,6-9,11H,5,10,12,17H2. The molecule has 0 fully saturated rings. The van der Waals surface area contributed by atoms with Crippen LogP contribution in [-0.2, 0) is 6.42 Å². The maximum absolute atomic E-state index is 5.66. The second-order valence-electron chi connectivity index (χ2n) is 4.47. The average molecular weight is 255 g/mol. The van der Waals surface area contributed by atoms with E-state index in [9.17, 15) is 0 Å². The van der Waals surface area contributed by atoms with Crippen molar-refractivity contribution in [3.05, 3.63) is 59.7 Å². The van der Waals surface area contributed by atoms with Crippen molar-refractivity contribution in [2.45, 2.75) is 22.6 Å². The van der Waals surface area contributed by atoms with E-state index in [0.29, 0.717) is 0 Å². The van der Waals surface area contributed by atoms with Crippen LogP contribution < -0.4 is 5.73 Å². The first-order valence-electron chi connectivity index (χ1n) is 6.32. The third kappa shape index (κ3) is 2.02. The summed E-state index contributed by atoms with van der Waals surface area (Å²) in [7, 11) is 0.101. The first kappa shape index (κ1) is 11.7. The molecule has 1 aliphatic heterocycles. The fraction of sp³-hybridized carbons (Fsp3) is 0.188. The van der Waals surface area contributed by atoms with Crippen LogP contribution in [0.15, 0.2) is 58.3 Å². The predicted octanol–water partition coefficient (Wildman–Crippen LogP) is 3.43. The number of benzene rings is 2. The number of fused-ring (bicyclic) bond motifs is 2. The fourth-order valence-corrected chi connectivity index (χ4v) is 4.68. The van der Waals surface area contributed by atoms with E-state index in [1.165, 1.54) is 20.9 Å². The first-order valence-corrected chi connectivity index (χ1v) is 7.61. The zero-order valence-electron chi connectivity index (χ0n) is 10.3. The van der Waals surface area contributed by atoms with E-state index in [2.05, 4.69) is 53.9 Å². The Morgan fingerprint density at radius 2 is 1.50 bits per heavy atom. The van der Waals surface area contributed by atoms with Gasteiger partial charge in [0.05, 0.1) is 0 Å². The Hall–Kier alpha value is -1.38. The molecule has 0 atom stereocenters. The van der Waals surface area contributed by atoms with Crippen molar-refractivity contribution < 1.29 is 0 Å². The van der Waals surface area contributed by atoms with Crippen LogP contribution in [0.1, 0.15) is 17.5 Å². The van der Waals surface area contributed by atoms with Crippen LogP contribution in [0.2, 0.25) is 0 Å². The van der Waals surface area contributed by atoms with Crippen molar-refractivity contribution in [1.82, 2.24) is 0 Å². The number of hydrogen-bond donors (Lipinski definition) is 1. The molecule has 0 aliphatic carbocycles. The summed E-state index contributed by atoms with van der Waals surface area (Å²) in [5.74, 6) is 0. The van der Waals surface area contributed by atoms with Crippen molar-refractivity contribution >= 4 is 15.9 Å². The molecule has 0 saturated carbocycles. The highest BCUT2D eigenvalue weighted by molar-refractivity contribution is 8.15. The summed E-state index contributed by atoms with van der Waals surface area (Å²) in [5, 5.41) is 2.39. The van der Waals surface area contributed by atoms with Gasteiger partial charge in [-0.2, -0.15) is 0 Å². The number of nitrogens with two attached hydrogens (primary N) is 1. The molecule has 0 spiro atoms. The van der Waals surface area contributed by atoms with Gasteiger partial charge in [0.2, 0.25) is 0 Å². The van der Waals surface area contributed by atoms with E-state index in [0.717, 1.165) is 19.4 Å². The van der Waals surface area contributed by atoms with Gasteiger partial charge in [0.15, 0.2) is 0 Å². The smallest absolute Gasteiger partial charge is 0.00945 e. The van der Waals surface area contributed by atoms with Gasteiger partial charge < -0.3 is 5.73 Å². The normalized spacial score (nSPS) is 13.8. The molecule has 92 valence electrons. The lowest BCUT2D eigenvalue weighted by Gasteiger charge is -2.23. The second kappa shape index (κ2) is 5.09. The molecule has 18 heavy (non-hydrogen) atoms. The molecule has 0 radical (unpaired) electrons. The Bertz CT molecular complexity index is 554. The zero-order chi connectivity index (χ0) is 12.4. The monoisotopic (exact) mass is 255 g/mol.